The van der Waals surface area contributed by atoms with Gasteiger partial charge in [-0.25, -0.2) is 4.21 Å². The highest BCUT2D eigenvalue weighted by atomic mass is 32.2. The maximum absolute atomic E-state index is 12.6. The third kappa shape index (κ3) is 4.55. The minimum atomic E-state index is -1.58. The molecule has 1 amide bonds. The fourth-order valence-electron chi connectivity index (χ4n) is 2.99. The molecule has 134 valence electrons. The molecule has 1 heterocycles. The molecule has 24 heavy (non-hydrogen) atoms. The van der Waals surface area contributed by atoms with Crippen molar-refractivity contribution >= 4 is 17.0 Å². The zero-order valence-corrected chi connectivity index (χ0v) is 15.4. The van der Waals surface area contributed by atoms with Gasteiger partial charge >= 0.3 is 0 Å². The maximum atomic E-state index is 12.6. The molecule has 1 aliphatic heterocycles. The monoisotopic (exact) mass is 354 g/mol. The number of carbonyl (C=O) groups is 1. The lowest BCUT2D eigenvalue weighted by atomic mass is 10.1. The molecular weight excluding hydrogens is 328 g/mol. The number of nitrogens with one attached hydrogen (secondary N) is 1. The van der Waals surface area contributed by atoms with E-state index >= 15 is 0 Å². The first kappa shape index (κ1) is 18.9. The summed E-state index contributed by atoms with van der Waals surface area (Å²) in [5.74, 6) is 0.244. The number of hydrogen-bond acceptors (Lipinski definition) is 5. The molecule has 1 unspecified atom stereocenters. The molecule has 0 radical (unpaired) electrons. The topological polar surface area (TPSA) is 67.9 Å². The molecule has 1 saturated heterocycles. The Morgan fingerprint density at radius 3 is 2.88 bits per heavy atom. The number of amides is 1. The van der Waals surface area contributed by atoms with Crippen LogP contribution >= 0.6 is 0 Å². The van der Waals surface area contributed by atoms with E-state index in [-0.39, 0.29) is 5.91 Å². The molecule has 1 fully saturated rings. The summed E-state index contributed by atoms with van der Waals surface area (Å²) < 4.78 is 22.3. The first-order valence-corrected chi connectivity index (χ1v) is 9.43. The van der Waals surface area contributed by atoms with Crippen LogP contribution in [0.25, 0.3) is 0 Å². The number of nitrogens with zero attached hydrogens (tertiary/aromatic N) is 1. The summed E-state index contributed by atoms with van der Waals surface area (Å²) in [6.45, 7) is 6.94. The molecule has 1 aromatic carbocycles. The Labute approximate surface area is 146 Å². The standard InChI is InChI=1S/C17H26N2O4S/c1-4-19-10-6-7-13(19)12-18-17(20)15-11-14(24(21)23-5-2)8-9-16(15)22-3/h8-9,11,13H,4-7,10,12H2,1-3H3,(H,18,20)/t13?,24-/m1/s1. The molecule has 0 spiro atoms. The number of likely N-dealkylation sites (tertiary alicyclic amines) is 1. The summed E-state index contributed by atoms with van der Waals surface area (Å²) in [7, 11) is 1.51. The molecule has 1 aromatic rings. The zero-order chi connectivity index (χ0) is 17.5. The van der Waals surface area contributed by atoms with Gasteiger partial charge < -0.3 is 10.1 Å². The van der Waals surface area contributed by atoms with E-state index in [9.17, 15) is 9.00 Å². The number of hydrogen-bond donors (Lipinski definition) is 1. The fraction of sp³-hybridized carbons (Fsp3) is 0.588. The average molecular weight is 354 g/mol. The van der Waals surface area contributed by atoms with Gasteiger partial charge in [0.1, 0.15) is 5.75 Å². The second-order valence-corrected chi connectivity index (χ2v) is 6.81. The SMILES string of the molecule is CCO[S@@](=O)c1ccc(OC)c(C(=O)NCC2CCCN2CC)c1. The fourth-order valence-corrected chi connectivity index (χ4v) is 3.74. The number of likely N-dealkylation sites (N-methyl/N-ethyl adjacent to an activating group) is 1. The van der Waals surface area contributed by atoms with Crippen molar-refractivity contribution in [2.24, 2.45) is 0 Å². The third-order valence-corrected chi connectivity index (χ3v) is 5.33. The van der Waals surface area contributed by atoms with Crippen molar-refractivity contribution in [3.05, 3.63) is 23.8 Å². The van der Waals surface area contributed by atoms with Gasteiger partial charge in [-0.2, -0.15) is 0 Å². The summed E-state index contributed by atoms with van der Waals surface area (Å²) in [5, 5.41) is 2.98. The number of ether oxygens (including phenoxy) is 1. The molecule has 2 rings (SSSR count). The number of benzene rings is 1. The van der Waals surface area contributed by atoms with Crippen LogP contribution in [-0.2, 0) is 15.3 Å². The average Bonchev–Trinajstić information content (AvgIpc) is 3.06. The summed E-state index contributed by atoms with van der Waals surface area (Å²) in [5.41, 5.74) is 0.379. The van der Waals surface area contributed by atoms with Gasteiger partial charge in [-0.15, -0.1) is 0 Å². The van der Waals surface area contributed by atoms with Gasteiger partial charge in [0.05, 0.1) is 24.2 Å². The molecule has 1 aliphatic rings. The Bertz CT molecular complexity index is 594. The van der Waals surface area contributed by atoms with Crippen LogP contribution in [0.4, 0.5) is 0 Å². The predicted molar refractivity (Wildman–Crippen MR) is 93.6 cm³/mol. The second-order valence-electron chi connectivity index (χ2n) is 5.64. The number of carbonyl (C=O) groups excluding carboxylic acids is 1. The van der Waals surface area contributed by atoms with Gasteiger partial charge in [-0.1, -0.05) is 6.92 Å². The molecule has 7 heteroatoms. The van der Waals surface area contributed by atoms with Crippen LogP contribution < -0.4 is 10.1 Å². The van der Waals surface area contributed by atoms with Crippen LogP contribution in [0.15, 0.2) is 23.1 Å². The quantitative estimate of drug-likeness (QED) is 0.773. The first-order chi connectivity index (χ1) is 11.6. The maximum Gasteiger partial charge on any atom is 0.255 e. The van der Waals surface area contributed by atoms with E-state index in [1.807, 2.05) is 0 Å². The van der Waals surface area contributed by atoms with Crippen molar-refractivity contribution in [3.63, 3.8) is 0 Å². The largest absolute Gasteiger partial charge is 0.496 e. The van der Waals surface area contributed by atoms with Crippen LogP contribution in [0.3, 0.4) is 0 Å². The molecule has 2 atom stereocenters. The van der Waals surface area contributed by atoms with Gasteiger partial charge in [0.2, 0.25) is 0 Å². The number of methoxy groups -OCH3 is 1. The highest BCUT2D eigenvalue weighted by Gasteiger charge is 2.24. The first-order valence-electron chi connectivity index (χ1n) is 8.36. The number of rotatable bonds is 8. The van der Waals surface area contributed by atoms with E-state index in [1.54, 1.807) is 25.1 Å². The Balaban J connectivity index is 2.09. The minimum absolute atomic E-state index is 0.217. The van der Waals surface area contributed by atoms with Crippen molar-refractivity contribution in [3.8, 4) is 5.75 Å². The molecule has 0 saturated carbocycles. The van der Waals surface area contributed by atoms with Gasteiger partial charge in [0.15, 0.2) is 11.1 Å². The summed E-state index contributed by atoms with van der Waals surface area (Å²) in [6, 6.07) is 5.25. The van der Waals surface area contributed by atoms with E-state index < -0.39 is 11.1 Å². The van der Waals surface area contributed by atoms with Gasteiger partial charge in [0, 0.05) is 12.6 Å². The molecule has 0 aromatic heterocycles. The van der Waals surface area contributed by atoms with Crippen LogP contribution in [0.1, 0.15) is 37.0 Å². The van der Waals surface area contributed by atoms with Crippen LogP contribution in [-0.4, -0.2) is 54.4 Å². The van der Waals surface area contributed by atoms with Gasteiger partial charge in [-0.05, 0) is 51.1 Å². The van der Waals surface area contributed by atoms with Crippen molar-refractivity contribution in [1.29, 1.82) is 0 Å². The van der Waals surface area contributed by atoms with Crippen LogP contribution in [0.5, 0.6) is 5.75 Å². The Hall–Kier alpha value is -1.44. The Morgan fingerprint density at radius 1 is 1.42 bits per heavy atom. The molecular formula is C17H26N2O4S. The lowest BCUT2D eigenvalue weighted by molar-refractivity contribution is 0.0938. The minimum Gasteiger partial charge on any atom is -0.496 e. The zero-order valence-electron chi connectivity index (χ0n) is 14.5. The molecule has 0 bridgehead atoms. The lowest BCUT2D eigenvalue weighted by Crippen LogP contribution is -2.40. The summed E-state index contributed by atoms with van der Waals surface area (Å²) in [6.07, 6.45) is 2.26. The molecule has 0 aliphatic carbocycles. The smallest absolute Gasteiger partial charge is 0.255 e. The van der Waals surface area contributed by atoms with Gasteiger partial charge in [-0.3, -0.25) is 13.9 Å². The molecule has 6 nitrogen and oxygen atoms in total. The van der Waals surface area contributed by atoms with Crippen molar-refractivity contribution in [2.45, 2.75) is 37.6 Å². The Morgan fingerprint density at radius 2 is 2.21 bits per heavy atom. The van der Waals surface area contributed by atoms with E-state index in [1.165, 1.54) is 13.5 Å². The molecule has 1 N–H and O–H groups in total. The highest BCUT2D eigenvalue weighted by Crippen LogP contribution is 2.22. The summed E-state index contributed by atoms with van der Waals surface area (Å²) >= 11 is -1.58. The predicted octanol–water partition coefficient (Wildman–Crippen LogP) is 1.97. The highest BCUT2D eigenvalue weighted by molar-refractivity contribution is 7.80. The van der Waals surface area contributed by atoms with Crippen LogP contribution in [0.2, 0.25) is 0 Å². The second kappa shape index (κ2) is 9.15. The Kier molecular flexibility index (Phi) is 7.20. The van der Waals surface area contributed by atoms with Crippen molar-refractivity contribution in [2.75, 3.05) is 33.4 Å². The van der Waals surface area contributed by atoms with Crippen molar-refractivity contribution < 1.29 is 17.9 Å². The summed E-state index contributed by atoms with van der Waals surface area (Å²) in [4.78, 5) is 15.4. The van der Waals surface area contributed by atoms with Gasteiger partial charge in [0.25, 0.3) is 5.91 Å². The van der Waals surface area contributed by atoms with E-state index in [2.05, 4.69) is 17.1 Å². The van der Waals surface area contributed by atoms with Crippen molar-refractivity contribution in [1.82, 2.24) is 10.2 Å². The van der Waals surface area contributed by atoms with E-state index in [0.29, 0.717) is 35.4 Å². The van der Waals surface area contributed by atoms with Crippen LogP contribution in [0, 0.1) is 0 Å². The van der Waals surface area contributed by atoms with E-state index in [0.717, 1.165) is 19.5 Å². The normalized spacial score (nSPS) is 19.2. The van der Waals surface area contributed by atoms with E-state index in [4.69, 9.17) is 8.92 Å². The third-order valence-electron chi connectivity index (χ3n) is 4.24. The lowest BCUT2D eigenvalue weighted by Gasteiger charge is -2.23.